The summed E-state index contributed by atoms with van der Waals surface area (Å²) in [6.07, 6.45) is 0. The van der Waals surface area contributed by atoms with E-state index in [4.69, 9.17) is 5.11 Å². The molecular formula is C14H10BrNNaO5+. The Kier molecular flexibility index (Phi) is 6.43. The van der Waals surface area contributed by atoms with Crippen LogP contribution in [-0.2, 0) is 0 Å². The minimum atomic E-state index is -1.33. The van der Waals surface area contributed by atoms with Crippen molar-refractivity contribution in [2.75, 3.05) is 5.32 Å². The molecule has 0 bridgehead atoms. The number of hydrogen-bond donors (Lipinski definition) is 4. The number of aromatic hydroxyl groups is 2. The van der Waals surface area contributed by atoms with Crippen LogP contribution in [0.3, 0.4) is 0 Å². The number of phenols is 2. The van der Waals surface area contributed by atoms with Crippen molar-refractivity contribution in [2.24, 2.45) is 0 Å². The summed E-state index contributed by atoms with van der Waals surface area (Å²) in [4.78, 5) is 23.0. The standard InChI is InChI=1S/C14H10BrNO5.Na/c15-10-6-7(5-9(12(10)18)14(20)21)16-13(19)8-3-1-2-4-11(8)17;/h1-6,17-18H,(H,16,19)(H,20,21);/q;+1. The molecular weight excluding hydrogens is 365 g/mol. The molecule has 22 heavy (non-hydrogen) atoms. The zero-order chi connectivity index (χ0) is 15.6. The number of rotatable bonds is 3. The monoisotopic (exact) mass is 374 g/mol. The Morgan fingerprint density at radius 2 is 1.68 bits per heavy atom. The van der Waals surface area contributed by atoms with Crippen LogP contribution in [0.15, 0.2) is 40.9 Å². The zero-order valence-electron chi connectivity index (χ0n) is 11.5. The van der Waals surface area contributed by atoms with Gasteiger partial charge in [0.2, 0.25) is 0 Å². The van der Waals surface area contributed by atoms with E-state index < -0.39 is 17.6 Å². The third kappa shape index (κ3) is 4.01. The minimum absolute atomic E-state index is 0. The van der Waals surface area contributed by atoms with E-state index in [1.54, 1.807) is 12.1 Å². The molecule has 2 rings (SSSR count). The van der Waals surface area contributed by atoms with Gasteiger partial charge in [0.25, 0.3) is 5.91 Å². The van der Waals surface area contributed by atoms with Crippen LogP contribution in [0.25, 0.3) is 0 Å². The Hall–Kier alpha value is -1.54. The number of aromatic carboxylic acids is 1. The van der Waals surface area contributed by atoms with Crippen molar-refractivity contribution in [2.45, 2.75) is 0 Å². The number of carboxylic acid groups (broad SMARTS) is 1. The van der Waals surface area contributed by atoms with Gasteiger partial charge in [0, 0.05) is 5.69 Å². The second kappa shape index (κ2) is 7.64. The molecule has 0 radical (unpaired) electrons. The van der Waals surface area contributed by atoms with Crippen LogP contribution in [0.5, 0.6) is 11.5 Å². The third-order valence-electron chi connectivity index (χ3n) is 2.70. The molecule has 2 aromatic carbocycles. The number of carbonyl (C=O) groups is 2. The van der Waals surface area contributed by atoms with E-state index in [0.29, 0.717) is 0 Å². The number of amides is 1. The molecule has 0 spiro atoms. The van der Waals surface area contributed by atoms with E-state index in [1.807, 2.05) is 0 Å². The Labute approximate surface area is 156 Å². The number of carboxylic acids is 1. The summed E-state index contributed by atoms with van der Waals surface area (Å²) in [5.41, 5.74) is -0.124. The fraction of sp³-hybridized carbons (Fsp3) is 0. The Balaban J connectivity index is 0.00000242. The summed E-state index contributed by atoms with van der Waals surface area (Å²) in [6, 6.07) is 8.44. The van der Waals surface area contributed by atoms with Gasteiger partial charge in [-0.3, -0.25) is 4.79 Å². The molecule has 0 aliphatic heterocycles. The third-order valence-corrected chi connectivity index (χ3v) is 3.30. The number of halogens is 1. The molecule has 0 saturated carbocycles. The number of carbonyl (C=O) groups excluding carboxylic acids is 1. The van der Waals surface area contributed by atoms with Crippen molar-refractivity contribution >= 4 is 33.5 Å². The van der Waals surface area contributed by atoms with Gasteiger partial charge in [-0.2, -0.15) is 0 Å². The van der Waals surface area contributed by atoms with Crippen molar-refractivity contribution in [1.82, 2.24) is 0 Å². The number of phenolic OH excluding ortho intramolecular Hbond substituents is 1. The number of nitrogens with one attached hydrogen (secondary N) is 1. The van der Waals surface area contributed by atoms with Crippen molar-refractivity contribution < 1.29 is 54.5 Å². The van der Waals surface area contributed by atoms with E-state index in [0.717, 1.165) is 6.07 Å². The maximum atomic E-state index is 12.0. The average molecular weight is 375 g/mol. The normalized spacial score (nSPS) is 9.68. The molecule has 0 heterocycles. The van der Waals surface area contributed by atoms with Crippen LogP contribution in [0.2, 0.25) is 0 Å². The second-order valence-corrected chi connectivity index (χ2v) is 4.98. The van der Waals surface area contributed by atoms with Crippen LogP contribution in [-0.4, -0.2) is 27.2 Å². The number of anilines is 1. The van der Waals surface area contributed by atoms with E-state index >= 15 is 0 Å². The average Bonchev–Trinajstić information content (AvgIpc) is 2.42. The van der Waals surface area contributed by atoms with Crippen LogP contribution in [0.4, 0.5) is 5.69 Å². The van der Waals surface area contributed by atoms with Crippen molar-refractivity contribution in [3.8, 4) is 11.5 Å². The maximum absolute atomic E-state index is 12.0. The Bertz CT molecular complexity index is 735. The van der Waals surface area contributed by atoms with Crippen LogP contribution < -0.4 is 34.9 Å². The number of benzene rings is 2. The van der Waals surface area contributed by atoms with E-state index in [1.165, 1.54) is 18.2 Å². The minimum Gasteiger partial charge on any atom is -0.507 e. The molecule has 2 aromatic rings. The molecule has 108 valence electrons. The fourth-order valence-corrected chi connectivity index (χ4v) is 2.16. The summed E-state index contributed by atoms with van der Waals surface area (Å²) in [6.45, 7) is 0. The predicted molar refractivity (Wildman–Crippen MR) is 78.8 cm³/mol. The molecule has 8 heteroatoms. The van der Waals surface area contributed by atoms with Crippen LogP contribution in [0.1, 0.15) is 20.7 Å². The first-order valence-corrected chi connectivity index (χ1v) is 6.54. The van der Waals surface area contributed by atoms with Gasteiger partial charge in [-0.1, -0.05) is 12.1 Å². The summed E-state index contributed by atoms with van der Waals surface area (Å²) in [5.74, 6) is -2.54. The van der Waals surface area contributed by atoms with Gasteiger partial charge < -0.3 is 20.6 Å². The largest absolute Gasteiger partial charge is 1.00 e. The summed E-state index contributed by atoms with van der Waals surface area (Å²) < 4.78 is 0.134. The van der Waals surface area contributed by atoms with Crippen LogP contribution >= 0.6 is 15.9 Å². The summed E-state index contributed by atoms with van der Waals surface area (Å²) in [7, 11) is 0. The van der Waals surface area contributed by atoms with Gasteiger partial charge in [0.05, 0.1) is 10.0 Å². The SMILES string of the molecule is O=C(Nc1cc(Br)c(O)c(C(=O)O)c1)c1ccccc1O.[Na+]. The summed E-state index contributed by atoms with van der Waals surface area (Å²) in [5, 5.41) is 30.6. The van der Waals surface area contributed by atoms with Crippen molar-refractivity contribution in [3.63, 3.8) is 0 Å². The Morgan fingerprint density at radius 3 is 2.27 bits per heavy atom. The van der Waals surface area contributed by atoms with Crippen molar-refractivity contribution in [1.29, 1.82) is 0 Å². The molecule has 0 saturated heterocycles. The van der Waals surface area contributed by atoms with E-state index in [-0.39, 0.29) is 56.6 Å². The summed E-state index contributed by atoms with van der Waals surface area (Å²) >= 11 is 3.01. The molecule has 0 aliphatic rings. The number of hydrogen-bond acceptors (Lipinski definition) is 4. The zero-order valence-corrected chi connectivity index (χ0v) is 15.1. The van der Waals surface area contributed by atoms with Gasteiger partial charge in [-0.15, -0.1) is 0 Å². The molecule has 0 atom stereocenters. The van der Waals surface area contributed by atoms with E-state index in [2.05, 4.69) is 21.2 Å². The molecule has 0 aromatic heterocycles. The van der Waals surface area contributed by atoms with Crippen LogP contribution in [0, 0.1) is 0 Å². The number of para-hydroxylation sites is 1. The first-order chi connectivity index (χ1) is 9.90. The molecule has 1 amide bonds. The first kappa shape index (κ1) is 18.5. The van der Waals surface area contributed by atoms with Crippen molar-refractivity contribution in [3.05, 3.63) is 52.0 Å². The fourth-order valence-electron chi connectivity index (χ4n) is 1.70. The Morgan fingerprint density at radius 1 is 1.05 bits per heavy atom. The van der Waals surface area contributed by atoms with E-state index in [9.17, 15) is 19.8 Å². The van der Waals surface area contributed by atoms with Gasteiger partial charge in [-0.05, 0) is 40.2 Å². The van der Waals surface area contributed by atoms with Gasteiger partial charge in [-0.25, -0.2) is 4.79 Å². The van der Waals surface area contributed by atoms with Gasteiger partial charge in [0.1, 0.15) is 17.1 Å². The first-order valence-electron chi connectivity index (χ1n) is 5.75. The molecule has 4 N–H and O–H groups in total. The smallest absolute Gasteiger partial charge is 0.507 e. The topological polar surface area (TPSA) is 107 Å². The van der Waals surface area contributed by atoms with Gasteiger partial charge in [0.15, 0.2) is 0 Å². The maximum Gasteiger partial charge on any atom is 1.00 e. The van der Waals surface area contributed by atoms with Gasteiger partial charge >= 0.3 is 35.5 Å². The predicted octanol–water partition coefficient (Wildman–Crippen LogP) is -0.185. The molecule has 6 nitrogen and oxygen atoms in total. The molecule has 0 aliphatic carbocycles. The molecule has 0 fully saturated rings. The molecule has 0 unspecified atom stereocenters. The second-order valence-electron chi connectivity index (χ2n) is 4.13. The quantitative estimate of drug-likeness (QED) is 0.440.